The molecule has 0 fully saturated rings. The van der Waals surface area contributed by atoms with Crippen LogP contribution in [-0.4, -0.2) is 16.0 Å². The molecule has 0 radical (unpaired) electrons. The number of hydrogen-bond donors (Lipinski definition) is 3. The number of aryl methyl sites for hydroxylation is 2. The lowest BCUT2D eigenvalue weighted by Crippen LogP contribution is -2.35. The van der Waals surface area contributed by atoms with Gasteiger partial charge in [-0.25, -0.2) is 9.78 Å². The highest BCUT2D eigenvalue weighted by molar-refractivity contribution is 7.15. The van der Waals surface area contributed by atoms with E-state index >= 15 is 0 Å². The zero-order valence-corrected chi connectivity index (χ0v) is 16.0. The lowest BCUT2D eigenvalue weighted by atomic mass is 9.79. The van der Waals surface area contributed by atoms with Crippen molar-refractivity contribution in [1.29, 1.82) is 0 Å². The molecular weight excluding hydrogens is 348 g/mol. The number of aromatic amines is 1. The maximum absolute atomic E-state index is 12.5. The van der Waals surface area contributed by atoms with Crippen LogP contribution in [0.15, 0.2) is 16.9 Å². The van der Waals surface area contributed by atoms with Gasteiger partial charge in [0.2, 0.25) is 5.56 Å². The van der Waals surface area contributed by atoms with E-state index < -0.39 is 0 Å². The highest BCUT2D eigenvalue weighted by Gasteiger charge is 2.31. The van der Waals surface area contributed by atoms with Crippen LogP contribution in [0.2, 0.25) is 0 Å². The molecule has 0 spiro atoms. The molecule has 1 atom stereocenters. The summed E-state index contributed by atoms with van der Waals surface area (Å²) in [6.45, 7) is 4.43. The molecule has 3 N–H and O–H groups in total. The predicted octanol–water partition coefficient (Wildman–Crippen LogP) is 3.64. The maximum Gasteiger partial charge on any atom is 0.321 e. The summed E-state index contributed by atoms with van der Waals surface area (Å²) in [6, 6.07) is 3.02. The Morgan fingerprint density at radius 1 is 1.31 bits per heavy atom. The van der Waals surface area contributed by atoms with Gasteiger partial charge in [-0.3, -0.25) is 10.1 Å². The van der Waals surface area contributed by atoms with Crippen LogP contribution in [0.5, 0.6) is 0 Å². The molecule has 2 aromatic rings. The summed E-state index contributed by atoms with van der Waals surface area (Å²) in [5, 5.41) is 6.62. The molecule has 2 aromatic heterocycles. The van der Waals surface area contributed by atoms with Gasteiger partial charge in [-0.15, -0.1) is 11.3 Å². The number of urea groups is 1. The SMILES string of the molecule is CC1(C)CCCc2sc(NC(=O)NC3CCCc4[nH]c(=O)ccc43)nc21. The summed E-state index contributed by atoms with van der Waals surface area (Å²) >= 11 is 1.58. The summed E-state index contributed by atoms with van der Waals surface area (Å²) in [7, 11) is 0. The van der Waals surface area contributed by atoms with Gasteiger partial charge in [0.15, 0.2) is 5.13 Å². The van der Waals surface area contributed by atoms with Crippen molar-refractivity contribution in [2.24, 2.45) is 0 Å². The quantitative estimate of drug-likeness (QED) is 0.752. The van der Waals surface area contributed by atoms with E-state index in [0.29, 0.717) is 5.13 Å². The molecule has 1 unspecified atom stereocenters. The molecule has 0 saturated heterocycles. The minimum atomic E-state index is -0.238. The van der Waals surface area contributed by atoms with E-state index in [4.69, 9.17) is 4.98 Å². The van der Waals surface area contributed by atoms with Crippen LogP contribution >= 0.6 is 11.3 Å². The number of carbonyl (C=O) groups is 1. The maximum atomic E-state index is 12.5. The number of rotatable bonds is 2. The van der Waals surface area contributed by atoms with Crippen molar-refractivity contribution in [3.05, 3.63) is 44.3 Å². The first-order valence-corrected chi connectivity index (χ1v) is 10.0. The topological polar surface area (TPSA) is 86.9 Å². The number of anilines is 1. The first-order chi connectivity index (χ1) is 12.4. The van der Waals surface area contributed by atoms with Crippen LogP contribution in [0.4, 0.5) is 9.93 Å². The Kier molecular flexibility index (Phi) is 4.34. The van der Waals surface area contributed by atoms with Crippen LogP contribution in [0.1, 0.15) is 67.4 Å². The van der Waals surface area contributed by atoms with Crippen molar-refractivity contribution in [3.8, 4) is 0 Å². The smallest absolute Gasteiger partial charge is 0.321 e. The molecule has 0 bridgehead atoms. The number of hydrogen-bond acceptors (Lipinski definition) is 4. The fourth-order valence-corrected chi connectivity index (χ4v) is 5.23. The Hall–Kier alpha value is -2.15. The molecule has 0 aliphatic heterocycles. The van der Waals surface area contributed by atoms with Crippen LogP contribution in [0.3, 0.4) is 0 Å². The van der Waals surface area contributed by atoms with Crippen molar-refractivity contribution in [2.45, 2.75) is 63.8 Å². The second-order valence-electron chi connectivity index (χ2n) is 7.83. The van der Waals surface area contributed by atoms with Gasteiger partial charge in [0.1, 0.15) is 0 Å². The number of pyridine rings is 1. The van der Waals surface area contributed by atoms with Gasteiger partial charge in [-0.1, -0.05) is 13.8 Å². The van der Waals surface area contributed by atoms with Gasteiger partial charge in [0, 0.05) is 22.1 Å². The molecule has 0 saturated carbocycles. The van der Waals surface area contributed by atoms with Gasteiger partial charge in [0.25, 0.3) is 0 Å². The van der Waals surface area contributed by atoms with Crippen molar-refractivity contribution in [1.82, 2.24) is 15.3 Å². The zero-order chi connectivity index (χ0) is 18.3. The lowest BCUT2D eigenvalue weighted by molar-refractivity contribution is 0.247. The predicted molar refractivity (Wildman–Crippen MR) is 103 cm³/mol. The molecule has 26 heavy (non-hydrogen) atoms. The summed E-state index contributed by atoms with van der Waals surface area (Å²) in [5.41, 5.74) is 3.05. The Balaban J connectivity index is 1.48. The highest BCUT2D eigenvalue weighted by Crippen LogP contribution is 2.40. The molecule has 2 heterocycles. The number of amides is 2. The summed E-state index contributed by atoms with van der Waals surface area (Å²) in [5.74, 6) is 0. The molecule has 7 heteroatoms. The van der Waals surface area contributed by atoms with Crippen molar-refractivity contribution in [2.75, 3.05) is 5.32 Å². The monoisotopic (exact) mass is 372 g/mol. The summed E-state index contributed by atoms with van der Waals surface area (Å²) < 4.78 is 0. The third-order valence-corrected chi connectivity index (χ3v) is 6.43. The summed E-state index contributed by atoms with van der Waals surface area (Å²) in [6.07, 6.45) is 6.01. The molecule has 4 rings (SSSR count). The van der Waals surface area contributed by atoms with Crippen LogP contribution in [-0.2, 0) is 18.3 Å². The molecule has 0 aromatic carbocycles. The number of fused-ring (bicyclic) bond motifs is 2. The van der Waals surface area contributed by atoms with Crippen LogP contribution in [0, 0.1) is 0 Å². The first-order valence-electron chi connectivity index (χ1n) is 9.22. The minimum absolute atomic E-state index is 0.0780. The van der Waals surface area contributed by atoms with Crippen molar-refractivity contribution < 1.29 is 4.79 Å². The second-order valence-corrected chi connectivity index (χ2v) is 8.91. The van der Waals surface area contributed by atoms with E-state index in [-0.39, 0.29) is 23.0 Å². The number of thiazole rings is 1. The van der Waals surface area contributed by atoms with E-state index in [1.165, 1.54) is 17.4 Å². The number of H-pyrrole nitrogens is 1. The molecule has 2 aliphatic carbocycles. The minimum Gasteiger partial charge on any atom is -0.331 e. The third kappa shape index (κ3) is 3.28. The number of nitrogens with zero attached hydrogens (tertiary/aromatic N) is 1. The Morgan fingerprint density at radius 2 is 2.15 bits per heavy atom. The standard InChI is InChI=1S/C19H24N4O2S/c1-19(2)10-4-7-14-16(19)22-18(26-14)23-17(25)21-13-6-3-5-12-11(13)8-9-15(24)20-12/h8-9,13H,3-7,10H2,1-2H3,(H,20,24)(H2,21,22,23,25). The molecule has 2 aliphatic rings. The number of carbonyl (C=O) groups excluding carboxylic acids is 1. The second kappa shape index (κ2) is 6.54. The molecule has 6 nitrogen and oxygen atoms in total. The number of aromatic nitrogens is 2. The highest BCUT2D eigenvalue weighted by atomic mass is 32.1. The third-order valence-electron chi connectivity index (χ3n) is 5.40. The fourth-order valence-electron chi connectivity index (χ4n) is 4.05. The van der Waals surface area contributed by atoms with Gasteiger partial charge in [-0.05, 0) is 50.2 Å². The fraction of sp³-hybridized carbons (Fsp3) is 0.526. The van der Waals surface area contributed by atoms with E-state index in [1.807, 2.05) is 6.07 Å². The van der Waals surface area contributed by atoms with E-state index in [1.54, 1.807) is 11.3 Å². The molecule has 2 amide bonds. The Morgan fingerprint density at radius 3 is 2.96 bits per heavy atom. The largest absolute Gasteiger partial charge is 0.331 e. The average Bonchev–Trinajstić information content (AvgIpc) is 2.98. The van der Waals surface area contributed by atoms with E-state index in [2.05, 4.69) is 29.5 Å². The Labute approximate surface area is 156 Å². The molecular formula is C19H24N4O2S. The van der Waals surface area contributed by atoms with Gasteiger partial charge in [-0.2, -0.15) is 0 Å². The van der Waals surface area contributed by atoms with Gasteiger partial charge >= 0.3 is 6.03 Å². The average molecular weight is 372 g/mol. The summed E-state index contributed by atoms with van der Waals surface area (Å²) in [4.78, 5) is 32.9. The van der Waals surface area contributed by atoms with E-state index in [0.717, 1.165) is 49.1 Å². The van der Waals surface area contributed by atoms with Crippen LogP contribution in [0.25, 0.3) is 0 Å². The van der Waals surface area contributed by atoms with Gasteiger partial charge < -0.3 is 10.3 Å². The zero-order valence-electron chi connectivity index (χ0n) is 15.1. The van der Waals surface area contributed by atoms with E-state index in [9.17, 15) is 9.59 Å². The van der Waals surface area contributed by atoms with Crippen LogP contribution < -0.4 is 16.2 Å². The number of nitrogens with one attached hydrogen (secondary N) is 3. The normalized spacial score (nSPS) is 20.8. The Bertz CT molecular complexity index is 899. The first kappa shape index (κ1) is 17.3. The van der Waals surface area contributed by atoms with Crippen molar-refractivity contribution in [3.63, 3.8) is 0 Å². The van der Waals surface area contributed by atoms with Crippen molar-refractivity contribution >= 4 is 22.5 Å². The van der Waals surface area contributed by atoms with Gasteiger partial charge in [0.05, 0.1) is 11.7 Å². The molecule has 138 valence electrons. The lowest BCUT2D eigenvalue weighted by Gasteiger charge is -2.27.